The Morgan fingerprint density at radius 2 is 2.00 bits per heavy atom. The minimum atomic E-state index is 0.729. The molecule has 0 aliphatic carbocycles. The first-order valence-electron chi connectivity index (χ1n) is 6.14. The summed E-state index contributed by atoms with van der Waals surface area (Å²) in [6.45, 7) is 9.56. The molecule has 0 aromatic rings. The van der Waals surface area contributed by atoms with Crippen LogP contribution in [-0.4, -0.2) is 37.1 Å². The van der Waals surface area contributed by atoms with Gasteiger partial charge >= 0.3 is 0 Å². The Morgan fingerprint density at radius 3 is 2.43 bits per heavy atom. The van der Waals surface area contributed by atoms with E-state index in [1.807, 2.05) is 0 Å². The highest BCUT2D eigenvalue weighted by atomic mass is 15.2. The van der Waals surface area contributed by atoms with Crippen LogP contribution in [0.5, 0.6) is 0 Å². The van der Waals surface area contributed by atoms with Gasteiger partial charge in [0.05, 0.1) is 0 Å². The molecule has 1 rings (SSSR count). The zero-order chi connectivity index (χ0) is 10.6. The van der Waals surface area contributed by atoms with Gasteiger partial charge in [-0.3, -0.25) is 4.90 Å². The van der Waals surface area contributed by atoms with Crippen LogP contribution in [0.4, 0.5) is 0 Å². The van der Waals surface area contributed by atoms with Crippen molar-refractivity contribution < 1.29 is 0 Å². The maximum atomic E-state index is 3.38. The van der Waals surface area contributed by atoms with Crippen LogP contribution in [0, 0.1) is 5.92 Å². The molecule has 0 spiro atoms. The summed E-state index contributed by atoms with van der Waals surface area (Å²) in [5.41, 5.74) is 0. The summed E-state index contributed by atoms with van der Waals surface area (Å²) in [5, 5.41) is 3.38. The molecule has 1 aliphatic heterocycles. The summed E-state index contributed by atoms with van der Waals surface area (Å²) < 4.78 is 0. The molecule has 84 valence electrons. The second kappa shape index (κ2) is 5.72. The summed E-state index contributed by atoms with van der Waals surface area (Å²) in [5.74, 6) is 0.880. The molecule has 2 nitrogen and oxygen atoms in total. The van der Waals surface area contributed by atoms with Gasteiger partial charge in [0.15, 0.2) is 0 Å². The highest BCUT2D eigenvalue weighted by Crippen LogP contribution is 2.22. The van der Waals surface area contributed by atoms with Gasteiger partial charge in [0.25, 0.3) is 0 Å². The van der Waals surface area contributed by atoms with Crippen LogP contribution >= 0.6 is 0 Å². The van der Waals surface area contributed by atoms with Crippen molar-refractivity contribution in [1.29, 1.82) is 0 Å². The van der Waals surface area contributed by atoms with Crippen molar-refractivity contribution in [3.63, 3.8) is 0 Å². The predicted octanol–water partition coefficient (Wildman–Crippen LogP) is 2.10. The average Bonchev–Trinajstić information content (AvgIpc) is 2.67. The molecule has 0 aromatic carbocycles. The van der Waals surface area contributed by atoms with Gasteiger partial charge in [-0.15, -0.1) is 0 Å². The Morgan fingerprint density at radius 1 is 1.36 bits per heavy atom. The van der Waals surface area contributed by atoms with Gasteiger partial charge in [-0.1, -0.05) is 26.7 Å². The van der Waals surface area contributed by atoms with Crippen molar-refractivity contribution in [2.45, 2.75) is 52.1 Å². The fourth-order valence-corrected chi connectivity index (χ4v) is 2.66. The quantitative estimate of drug-likeness (QED) is 0.728. The van der Waals surface area contributed by atoms with Crippen LogP contribution in [0.3, 0.4) is 0 Å². The Bertz CT molecular complexity index is 154. The molecule has 2 atom stereocenters. The molecule has 2 unspecified atom stereocenters. The van der Waals surface area contributed by atoms with Gasteiger partial charge in [0, 0.05) is 25.2 Å². The molecule has 1 fully saturated rings. The Kier molecular flexibility index (Phi) is 4.90. The number of nitrogens with one attached hydrogen (secondary N) is 1. The SMILES string of the molecule is CCC(CC)C(C)N1CCC(NC)C1. The predicted molar refractivity (Wildman–Crippen MR) is 62.6 cm³/mol. The van der Waals surface area contributed by atoms with E-state index in [1.54, 1.807) is 0 Å². The summed E-state index contributed by atoms with van der Waals surface area (Å²) in [4.78, 5) is 2.65. The largest absolute Gasteiger partial charge is 0.316 e. The first-order chi connectivity index (χ1) is 6.72. The summed E-state index contributed by atoms with van der Waals surface area (Å²) >= 11 is 0. The van der Waals surface area contributed by atoms with E-state index < -0.39 is 0 Å². The minimum Gasteiger partial charge on any atom is -0.316 e. The Labute approximate surface area is 89.1 Å². The molecule has 1 saturated heterocycles. The van der Waals surface area contributed by atoms with Gasteiger partial charge < -0.3 is 5.32 Å². The van der Waals surface area contributed by atoms with Crippen LogP contribution in [0.25, 0.3) is 0 Å². The lowest BCUT2D eigenvalue weighted by Crippen LogP contribution is -2.38. The molecule has 0 radical (unpaired) electrons. The lowest BCUT2D eigenvalue weighted by Gasteiger charge is -2.30. The number of hydrogen-bond acceptors (Lipinski definition) is 2. The molecular formula is C12H26N2. The summed E-state index contributed by atoms with van der Waals surface area (Å²) in [6.07, 6.45) is 3.96. The van der Waals surface area contributed by atoms with Gasteiger partial charge in [-0.2, -0.15) is 0 Å². The third-order valence-corrected chi connectivity index (χ3v) is 3.93. The highest BCUT2D eigenvalue weighted by molar-refractivity contribution is 4.85. The van der Waals surface area contributed by atoms with Crippen molar-refractivity contribution in [2.75, 3.05) is 20.1 Å². The van der Waals surface area contributed by atoms with E-state index in [4.69, 9.17) is 0 Å². The van der Waals surface area contributed by atoms with E-state index in [0.717, 1.165) is 18.0 Å². The number of rotatable bonds is 5. The van der Waals surface area contributed by atoms with Crippen molar-refractivity contribution in [1.82, 2.24) is 10.2 Å². The molecule has 0 bridgehead atoms. The molecular weight excluding hydrogens is 172 g/mol. The molecule has 0 aromatic heterocycles. The van der Waals surface area contributed by atoms with Crippen LogP contribution in [0.1, 0.15) is 40.0 Å². The fourth-order valence-electron chi connectivity index (χ4n) is 2.66. The molecule has 2 heteroatoms. The third kappa shape index (κ3) is 2.71. The lowest BCUT2D eigenvalue weighted by molar-refractivity contribution is 0.178. The van der Waals surface area contributed by atoms with E-state index in [0.29, 0.717) is 0 Å². The van der Waals surface area contributed by atoms with Crippen molar-refractivity contribution in [2.24, 2.45) is 5.92 Å². The van der Waals surface area contributed by atoms with Gasteiger partial charge in [0.2, 0.25) is 0 Å². The number of likely N-dealkylation sites (N-methyl/N-ethyl adjacent to an activating group) is 1. The van der Waals surface area contributed by atoms with Gasteiger partial charge in [-0.05, 0) is 26.3 Å². The standard InChI is InChI=1S/C12H26N2/c1-5-11(6-2)10(3)14-8-7-12(9-14)13-4/h10-13H,5-9H2,1-4H3. The van der Waals surface area contributed by atoms with E-state index in [2.05, 4.69) is 38.0 Å². The van der Waals surface area contributed by atoms with Crippen molar-refractivity contribution >= 4 is 0 Å². The normalized spacial score (nSPS) is 25.9. The average molecular weight is 198 g/mol. The third-order valence-electron chi connectivity index (χ3n) is 3.93. The number of likely N-dealkylation sites (tertiary alicyclic amines) is 1. The first-order valence-corrected chi connectivity index (χ1v) is 6.14. The minimum absolute atomic E-state index is 0.729. The van der Waals surface area contributed by atoms with Crippen molar-refractivity contribution in [3.8, 4) is 0 Å². The Hall–Kier alpha value is -0.0800. The molecule has 1 N–H and O–H groups in total. The van der Waals surface area contributed by atoms with Gasteiger partial charge in [-0.25, -0.2) is 0 Å². The van der Waals surface area contributed by atoms with E-state index in [1.165, 1.54) is 32.4 Å². The summed E-state index contributed by atoms with van der Waals surface area (Å²) in [6, 6.07) is 1.50. The van der Waals surface area contributed by atoms with Crippen molar-refractivity contribution in [3.05, 3.63) is 0 Å². The lowest BCUT2D eigenvalue weighted by atomic mass is 9.94. The second-order valence-corrected chi connectivity index (χ2v) is 4.59. The van der Waals surface area contributed by atoms with E-state index in [9.17, 15) is 0 Å². The first kappa shape index (κ1) is 12.0. The zero-order valence-electron chi connectivity index (χ0n) is 10.2. The highest BCUT2D eigenvalue weighted by Gasteiger charge is 2.27. The topological polar surface area (TPSA) is 15.3 Å². The molecule has 0 saturated carbocycles. The maximum absolute atomic E-state index is 3.38. The summed E-state index contributed by atoms with van der Waals surface area (Å²) in [7, 11) is 2.08. The van der Waals surface area contributed by atoms with E-state index in [-0.39, 0.29) is 0 Å². The molecule has 1 heterocycles. The second-order valence-electron chi connectivity index (χ2n) is 4.59. The van der Waals surface area contributed by atoms with E-state index >= 15 is 0 Å². The van der Waals surface area contributed by atoms with Crippen LogP contribution in [0.2, 0.25) is 0 Å². The molecule has 0 amide bonds. The zero-order valence-corrected chi connectivity index (χ0v) is 10.2. The van der Waals surface area contributed by atoms with Crippen LogP contribution in [-0.2, 0) is 0 Å². The molecule has 1 aliphatic rings. The fraction of sp³-hybridized carbons (Fsp3) is 1.00. The monoisotopic (exact) mass is 198 g/mol. The van der Waals surface area contributed by atoms with Crippen LogP contribution < -0.4 is 5.32 Å². The van der Waals surface area contributed by atoms with Crippen LogP contribution in [0.15, 0.2) is 0 Å². The Balaban J connectivity index is 2.41. The van der Waals surface area contributed by atoms with Gasteiger partial charge in [0.1, 0.15) is 0 Å². The number of nitrogens with zero attached hydrogens (tertiary/aromatic N) is 1. The number of hydrogen-bond donors (Lipinski definition) is 1. The maximum Gasteiger partial charge on any atom is 0.0204 e. The smallest absolute Gasteiger partial charge is 0.0204 e. The molecule has 14 heavy (non-hydrogen) atoms.